The highest BCUT2D eigenvalue weighted by molar-refractivity contribution is 5.96. The minimum Gasteiger partial charge on any atom is -0.507 e. The molecule has 0 atom stereocenters. The minimum atomic E-state index is -0.212. The minimum absolute atomic E-state index is 0.0292. The number of hydrogen-bond acceptors (Lipinski definition) is 2. The molecule has 1 rings (SSSR count). The predicted octanol–water partition coefficient (Wildman–Crippen LogP) is 2.96. The molecule has 1 aromatic carbocycles. The van der Waals surface area contributed by atoms with Crippen LogP contribution in [0.2, 0.25) is 0 Å². The Morgan fingerprint density at radius 3 is 2.18 bits per heavy atom. The molecule has 1 amide bonds. The van der Waals surface area contributed by atoms with E-state index in [9.17, 15) is 9.90 Å². The van der Waals surface area contributed by atoms with Crippen LogP contribution in [0.15, 0.2) is 24.3 Å². The summed E-state index contributed by atoms with van der Waals surface area (Å²) in [5, 5.41) is 12.1. The second kappa shape index (κ2) is 13.2. The van der Waals surface area contributed by atoms with Crippen molar-refractivity contribution in [1.82, 2.24) is 5.32 Å². The van der Waals surface area contributed by atoms with Crippen LogP contribution in [0.1, 0.15) is 44.0 Å². The van der Waals surface area contributed by atoms with Crippen molar-refractivity contribution >= 4 is 5.91 Å². The smallest absolute Gasteiger partial charge is 0.255 e. The second-order valence-electron chi connectivity index (χ2n) is 4.13. The van der Waals surface area contributed by atoms with Crippen molar-refractivity contribution in [3.8, 4) is 41.3 Å². The molecular formula is C19H21NO2. The molecule has 22 heavy (non-hydrogen) atoms. The Morgan fingerprint density at radius 2 is 1.68 bits per heavy atom. The van der Waals surface area contributed by atoms with Gasteiger partial charge in [0, 0.05) is 6.54 Å². The molecule has 3 heteroatoms. The van der Waals surface area contributed by atoms with E-state index in [1.165, 1.54) is 6.07 Å². The molecule has 2 N–H and O–H groups in total. The molecule has 0 aliphatic rings. The van der Waals surface area contributed by atoms with Crippen LogP contribution in [0.25, 0.3) is 0 Å². The SMILES string of the molecule is CC#CC#CC#CC.CCCCNC(=O)c1ccccc1O. The van der Waals surface area contributed by atoms with Crippen molar-refractivity contribution in [2.75, 3.05) is 6.54 Å². The first kappa shape index (κ1) is 19.2. The first-order valence-corrected chi connectivity index (χ1v) is 7.07. The van der Waals surface area contributed by atoms with E-state index in [0.29, 0.717) is 12.1 Å². The largest absolute Gasteiger partial charge is 0.507 e. The Morgan fingerprint density at radius 1 is 1.09 bits per heavy atom. The number of para-hydroxylation sites is 1. The summed E-state index contributed by atoms with van der Waals surface area (Å²) in [5.41, 5.74) is 0.337. The van der Waals surface area contributed by atoms with E-state index in [-0.39, 0.29) is 11.7 Å². The summed E-state index contributed by atoms with van der Waals surface area (Å²) in [6.07, 6.45) is 2.00. The molecule has 0 bridgehead atoms. The van der Waals surface area contributed by atoms with Gasteiger partial charge in [-0.2, -0.15) is 0 Å². The zero-order valence-electron chi connectivity index (χ0n) is 13.3. The van der Waals surface area contributed by atoms with Gasteiger partial charge in [-0.05, 0) is 56.1 Å². The second-order valence-corrected chi connectivity index (χ2v) is 4.13. The maximum absolute atomic E-state index is 11.5. The Labute approximate surface area is 133 Å². The maximum atomic E-state index is 11.5. The third-order valence-corrected chi connectivity index (χ3v) is 2.40. The van der Waals surface area contributed by atoms with Crippen LogP contribution in [0.4, 0.5) is 0 Å². The fourth-order valence-corrected chi connectivity index (χ4v) is 1.33. The molecule has 0 spiro atoms. The number of carbonyl (C=O) groups is 1. The van der Waals surface area contributed by atoms with Gasteiger partial charge < -0.3 is 10.4 Å². The molecule has 0 aliphatic heterocycles. The lowest BCUT2D eigenvalue weighted by atomic mass is 10.2. The lowest BCUT2D eigenvalue weighted by Crippen LogP contribution is -2.24. The highest BCUT2D eigenvalue weighted by Gasteiger charge is 2.08. The van der Waals surface area contributed by atoms with Crippen LogP contribution in [0, 0.1) is 35.5 Å². The standard InChI is InChI=1S/C11H15NO2.C8H6/c1-2-3-8-12-11(14)9-6-4-5-7-10(9)13;1-3-5-7-8-6-4-2/h4-7,13H,2-3,8H2,1H3,(H,12,14);1-2H3. The van der Waals surface area contributed by atoms with Gasteiger partial charge >= 0.3 is 0 Å². The summed E-state index contributed by atoms with van der Waals surface area (Å²) in [4.78, 5) is 11.5. The predicted molar refractivity (Wildman–Crippen MR) is 90.0 cm³/mol. The fourth-order valence-electron chi connectivity index (χ4n) is 1.33. The van der Waals surface area contributed by atoms with Crippen molar-refractivity contribution in [2.24, 2.45) is 0 Å². The number of rotatable bonds is 4. The molecule has 0 saturated carbocycles. The van der Waals surface area contributed by atoms with Gasteiger partial charge in [0.1, 0.15) is 5.75 Å². The van der Waals surface area contributed by atoms with Crippen molar-refractivity contribution in [3.63, 3.8) is 0 Å². The van der Waals surface area contributed by atoms with E-state index in [1.54, 1.807) is 32.0 Å². The van der Waals surface area contributed by atoms with Crippen LogP contribution >= 0.6 is 0 Å². The molecule has 0 saturated heterocycles. The van der Waals surface area contributed by atoms with E-state index in [4.69, 9.17) is 0 Å². The Hall–Kier alpha value is -2.83. The number of hydrogen-bond donors (Lipinski definition) is 2. The van der Waals surface area contributed by atoms with Gasteiger partial charge in [-0.1, -0.05) is 37.3 Å². The van der Waals surface area contributed by atoms with Crippen molar-refractivity contribution in [3.05, 3.63) is 29.8 Å². The van der Waals surface area contributed by atoms with Gasteiger partial charge in [0.15, 0.2) is 0 Å². The first-order valence-electron chi connectivity index (χ1n) is 7.07. The number of phenolic OH excluding ortho intramolecular Hbond substituents is 1. The third kappa shape index (κ3) is 9.13. The number of nitrogens with one attached hydrogen (secondary N) is 1. The van der Waals surface area contributed by atoms with Gasteiger partial charge in [-0.3, -0.25) is 4.79 Å². The number of aromatic hydroxyl groups is 1. The maximum Gasteiger partial charge on any atom is 0.255 e. The molecule has 0 aliphatic carbocycles. The summed E-state index contributed by atoms with van der Waals surface area (Å²) in [5.74, 6) is 15.3. The van der Waals surface area contributed by atoms with Crippen LogP contribution in [0.5, 0.6) is 5.75 Å². The summed E-state index contributed by atoms with van der Waals surface area (Å²) in [7, 11) is 0. The molecule has 3 nitrogen and oxygen atoms in total. The molecule has 0 fully saturated rings. The first-order chi connectivity index (χ1) is 10.7. The number of benzene rings is 1. The van der Waals surface area contributed by atoms with E-state index >= 15 is 0 Å². The van der Waals surface area contributed by atoms with Gasteiger partial charge in [0.2, 0.25) is 0 Å². The fraction of sp³-hybridized carbons (Fsp3) is 0.316. The number of phenols is 1. The number of unbranched alkanes of at least 4 members (excludes halogenated alkanes) is 1. The highest BCUT2D eigenvalue weighted by Crippen LogP contribution is 2.14. The summed E-state index contributed by atoms with van der Waals surface area (Å²) >= 11 is 0. The van der Waals surface area contributed by atoms with Crippen molar-refractivity contribution in [1.29, 1.82) is 0 Å². The van der Waals surface area contributed by atoms with Gasteiger partial charge in [0.05, 0.1) is 5.56 Å². The summed E-state index contributed by atoms with van der Waals surface area (Å²) < 4.78 is 0. The lowest BCUT2D eigenvalue weighted by Gasteiger charge is -2.05. The molecule has 0 heterocycles. The molecule has 0 radical (unpaired) electrons. The van der Waals surface area contributed by atoms with Crippen molar-refractivity contribution < 1.29 is 9.90 Å². The van der Waals surface area contributed by atoms with Crippen LogP contribution in [0.3, 0.4) is 0 Å². The zero-order valence-corrected chi connectivity index (χ0v) is 13.3. The highest BCUT2D eigenvalue weighted by atomic mass is 16.3. The zero-order chi connectivity index (χ0) is 16.6. The molecule has 1 aromatic rings. The molecular weight excluding hydrogens is 274 g/mol. The Balaban J connectivity index is 0.000000472. The van der Waals surface area contributed by atoms with Gasteiger partial charge in [0.25, 0.3) is 5.91 Å². The third-order valence-electron chi connectivity index (χ3n) is 2.40. The lowest BCUT2D eigenvalue weighted by molar-refractivity contribution is 0.0950. The average Bonchev–Trinajstić information content (AvgIpc) is 2.53. The van der Waals surface area contributed by atoms with Crippen LogP contribution in [-0.2, 0) is 0 Å². The quantitative estimate of drug-likeness (QED) is 0.663. The van der Waals surface area contributed by atoms with Crippen molar-refractivity contribution in [2.45, 2.75) is 33.6 Å². The van der Waals surface area contributed by atoms with Crippen LogP contribution in [-0.4, -0.2) is 17.6 Å². The molecule has 0 aromatic heterocycles. The monoisotopic (exact) mass is 295 g/mol. The Bertz CT molecular complexity index is 619. The van der Waals surface area contributed by atoms with Gasteiger partial charge in [-0.15, -0.1) is 0 Å². The number of carbonyl (C=O) groups excluding carboxylic acids is 1. The van der Waals surface area contributed by atoms with Crippen LogP contribution < -0.4 is 5.32 Å². The summed E-state index contributed by atoms with van der Waals surface area (Å²) in [6.45, 7) is 6.21. The molecule has 114 valence electrons. The van der Waals surface area contributed by atoms with E-state index in [2.05, 4.69) is 47.8 Å². The van der Waals surface area contributed by atoms with E-state index < -0.39 is 0 Å². The van der Waals surface area contributed by atoms with E-state index in [1.807, 2.05) is 0 Å². The van der Waals surface area contributed by atoms with Gasteiger partial charge in [-0.25, -0.2) is 0 Å². The Kier molecular flexibility index (Phi) is 11.5. The topological polar surface area (TPSA) is 49.3 Å². The number of amides is 1. The summed E-state index contributed by atoms with van der Waals surface area (Å²) in [6, 6.07) is 6.54. The average molecular weight is 295 g/mol. The normalized spacial score (nSPS) is 7.59. The molecule has 0 unspecified atom stereocenters. The van der Waals surface area contributed by atoms with E-state index in [0.717, 1.165) is 12.8 Å².